The minimum absolute atomic E-state index is 0.243. The highest BCUT2D eigenvalue weighted by molar-refractivity contribution is 9.10. The van der Waals surface area contributed by atoms with Gasteiger partial charge in [-0.3, -0.25) is 0 Å². The van der Waals surface area contributed by atoms with Gasteiger partial charge in [0, 0.05) is 16.4 Å². The van der Waals surface area contributed by atoms with Crippen LogP contribution in [0.15, 0.2) is 41.0 Å². The second-order valence-electron chi connectivity index (χ2n) is 3.57. The summed E-state index contributed by atoms with van der Waals surface area (Å²) >= 11 is 3.33. The molecule has 2 aromatic rings. The normalized spacial score (nSPS) is 10.1. The number of nitrogens with zero attached hydrogens (tertiary/aromatic N) is 2. The maximum atomic E-state index is 10.8. The highest BCUT2D eigenvalue weighted by atomic mass is 79.9. The van der Waals surface area contributed by atoms with Crippen molar-refractivity contribution in [3.8, 4) is 0 Å². The molecule has 0 aliphatic rings. The molecule has 1 aromatic heterocycles. The van der Waals surface area contributed by atoms with Crippen LogP contribution in [-0.4, -0.2) is 21.3 Å². The summed E-state index contributed by atoms with van der Waals surface area (Å²) in [5.41, 5.74) is 1.87. The van der Waals surface area contributed by atoms with Crippen molar-refractivity contribution in [1.82, 2.24) is 10.2 Å². The van der Waals surface area contributed by atoms with E-state index in [2.05, 4.69) is 31.4 Å². The SMILES string of the molecule is O=C(O)c1ccc(NCc2cccnn2)c(Br)c1. The summed E-state index contributed by atoms with van der Waals surface area (Å²) in [5, 5.41) is 19.7. The molecule has 0 saturated carbocycles. The fourth-order valence-electron chi connectivity index (χ4n) is 1.40. The molecule has 18 heavy (non-hydrogen) atoms. The molecule has 0 bridgehead atoms. The topological polar surface area (TPSA) is 75.1 Å². The number of anilines is 1. The van der Waals surface area contributed by atoms with Gasteiger partial charge in [-0.05, 0) is 46.3 Å². The number of carbonyl (C=O) groups is 1. The zero-order chi connectivity index (χ0) is 13.0. The van der Waals surface area contributed by atoms with Crippen LogP contribution in [-0.2, 0) is 6.54 Å². The quantitative estimate of drug-likeness (QED) is 0.908. The van der Waals surface area contributed by atoms with E-state index < -0.39 is 5.97 Å². The van der Waals surface area contributed by atoms with Gasteiger partial charge in [-0.2, -0.15) is 10.2 Å². The van der Waals surface area contributed by atoms with E-state index in [1.807, 2.05) is 12.1 Å². The average Bonchev–Trinajstić information content (AvgIpc) is 2.38. The largest absolute Gasteiger partial charge is 0.478 e. The monoisotopic (exact) mass is 307 g/mol. The Kier molecular flexibility index (Phi) is 3.88. The van der Waals surface area contributed by atoms with E-state index in [4.69, 9.17) is 5.11 Å². The maximum absolute atomic E-state index is 10.8. The summed E-state index contributed by atoms with van der Waals surface area (Å²) < 4.78 is 0.700. The number of benzene rings is 1. The van der Waals surface area contributed by atoms with Crippen molar-refractivity contribution in [3.63, 3.8) is 0 Å². The van der Waals surface area contributed by atoms with Gasteiger partial charge >= 0.3 is 5.97 Å². The third-order valence-electron chi connectivity index (χ3n) is 2.30. The molecule has 0 unspecified atom stereocenters. The summed E-state index contributed by atoms with van der Waals surface area (Å²) in [4.78, 5) is 10.8. The Bertz CT molecular complexity index is 561. The number of aromatic nitrogens is 2. The van der Waals surface area contributed by atoms with Crippen molar-refractivity contribution in [3.05, 3.63) is 52.3 Å². The lowest BCUT2D eigenvalue weighted by Crippen LogP contribution is -2.04. The first kappa shape index (κ1) is 12.5. The van der Waals surface area contributed by atoms with E-state index in [1.165, 1.54) is 0 Å². The molecule has 1 aromatic carbocycles. The minimum atomic E-state index is -0.948. The highest BCUT2D eigenvalue weighted by Crippen LogP contribution is 2.24. The number of aromatic carboxylic acids is 1. The van der Waals surface area contributed by atoms with Crippen molar-refractivity contribution in [1.29, 1.82) is 0 Å². The highest BCUT2D eigenvalue weighted by Gasteiger charge is 2.06. The first-order valence-corrected chi connectivity index (χ1v) is 5.99. The second kappa shape index (κ2) is 5.59. The van der Waals surface area contributed by atoms with E-state index in [1.54, 1.807) is 24.4 Å². The summed E-state index contributed by atoms with van der Waals surface area (Å²) in [6.45, 7) is 0.527. The molecule has 0 fully saturated rings. The van der Waals surface area contributed by atoms with Crippen molar-refractivity contribution in [2.24, 2.45) is 0 Å². The number of carboxylic acid groups (broad SMARTS) is 1. The van der Waals surface area contributed by atoms with Crippen molar-refractivity contribution in [2.75, 3.05) is 5.32 Å². The number of halogens is 1. The predicted molar refractivity (Wildman–Crippen MR) is 70.5 cm³/mol. The number of hydrogen-bond donors (Lipinski definition) is 2. The van der Waals surface area contributed by atoms with Crippen LogP contribution in [0.2, 0.25) is 0 Å². The van der Waals surface area contributed by atoms with Crippen LogP contribution in [0.1, 0.15) is 16.1 Å². The van der Waals surface area contributed by atoms with E-state index >= 15 is 0 Å². The predicted octanol–water partition coefficient (Wildman–Crippen LogP) is 2.55. The van der Waals surface area contributed by atoms with Gasteiger partial charge in [-0.15, -0.1) is 0 Å². The van der Waals surface area contributed by atoms with Crippen LogP contribution >= 0.6 is 15.9 Å². The van der Waals surface area contributed by atoms with E-state index in [0.717, 1.165) is 11.4 Å². The van der Waals surface area contributed by atoms with Gasteiger partial charge in [0.15, 0.2) is 0 Å². The van der Waals surface area contributed by atoms with Crippen LogP contribution in [0.3, 0.4) is 0 Å². The third kappa shape index (κ3) is 3.04. The molecule has 6 heteroatoms. The van der Waals surface area contributed by atoms with Crippen LogP contribution in [0, 0.1) is 0 Å². The van der Waals surface area contributed by atoms with Crippen molar-refractivity contribution >= 4 is 27.6 Å². The molecule has 5 nitrogen and oxygen atoms in total. The van der Waals surface area contributed by atoms with Gasteiger partial charge < -0.3 is 10.4 Å². The van der Waals surface area contributed by atoms with Gasteiger partial charge in [0.1, 0.15) is 0 Å². The van der Waals surface area contributed by atoms with Crippen LogP contribution in [0.5, 0.6) is 0 Å². The Morgan fingerprint density at radius 3 is 2.83 bits per heavy atom. The maximum Gasteiger partial charge on any atom is 0.335 e. The lowest BCUT2D eigenvalue weighted by Gasteiger charge is -2.08. The zero-order valence-corrected chi connectivity index (χ0v) is 10.9. The van der Waals surface area contributed by atoms with Gasteiger partial charge in [0.25, 0.3) is 0 Å². The van der Waals surface area contributed by atoms with Gasteiger partial charge in [-0.1, -0.05) is 0 Å². The van der Waals surface area contributed by atoms with Gasteiger partial charge in [-0.25, -0.2) is 4.79 Å². The first-order chi connectivity index (χ1) is 8.66. The molecule has 0 atom stereocenters. The molecular formula is C12H10BrN3O2. The molecule has 0 radical (unpaired) electrons. The van der Waals surface area contributed by atoms with E-state index in [-0.39, 0.29) is 5.56 Å². The first-order valence-electron chi connectivity index (χ1n) is 5.20. The molecule has 2 N–H and O–H groups in total. The van der Waals surface area contributed by atoms with Crippen LogP contribution in [0.25, 0.3) is 0 Å². The van der Waals surface area contributed by atoms with Crippen LogP contribution < -0.4 is 5.32 Å². The Morgan fingerprint density at radius 1 is 1.39 bits per heavy atom. The number of carboxylic acids is 1. The van der Waals surface area contributed by atoms with Gasteiger partial charge in [0.2, 0.25) is 0 Å². The van der Waals surface area contributed by atoms with Crippen molar-refractivity contribution < 1.29 is 9.90 Å². The summed E-state index contributed by atoms with van der Waals surface area (Å²) in [5.74, 6) is -0.948. The molecule has 0 spiro atoms. The molecule has 0 amide bonds. The average molecular weight is 308 g/mol. The fourth-order valence-corrected chi connectivity index (χ4v) is 1.92. The lowest BCUT2D eigenvalue weighted by molar-refractivity contribution is 0.0697. The third-order valence-corrected chi connectivity index (χ3v) is 2.96. The lowest BCUT2D eigenvalue weighted by atomic mass is 10.2. The molecule has 0 saturated heterocycles. The molecule has 0 aliphatic heterocycles. The Hall–Kier alpha value is -1.95. The van der Waals surface area contributed by atoms with E-state index in [0.29, 0.717) is 11.0 Å². The molecule has 0 aliphatic carbocycles. The van der Waals surface area contributed by atoms with E-state index in [9.17, 15) is 4.79 Å². The molecule has 1 heterocycles. The van der Waals surface area contributed by atoms with Gasteiger partial charge in [0.05, 0.1) is 17.8 Å². The standard InChI is InChI=1S/C12H10BrN3O2/c13-10-6-8(12(17)18)3-4-11(10)14-7-9-2-1-5-15-16-9/h1-6,14H,7H2,(H,17,18). The molecule has 92 valence electrons. The Labute approximate surface area is 112 Å². The Morgan fingerprint density at radius 2 is 2.22 bits per heavy atom. The summed E-state index contributed by atoms with van der Waals surface area (Å²) in [6.07, 6.45) is 1.61. The Balaban J connectivity index is 2.08. The molecular weight excluding hydrogens is 298 g/mol. The smallest absolute Gasteiger partial charge is 0.335 e. The second-order valence-corrected chi connectivity index (χ2v) is 4.42. The van der Waals surface area contributed by atoms with Crippen molar-refractivity contribution in [2.45, 2.75) is 6.54 Å². The summed E-state index contributed by atoms with van der Waals surface area (Å²) in [7, 11) is 0. The number of rotatable bonds is 4. The van der Waals surface area contributed by atoms with Crippen LogP contribution in [0.4, 0.5) is 5.69 Å². The number of hydrogen-bond acceptors (Lipinski definition) is 4. The summed E-state index contributed by atoms with van der Waals surface area (Å²) in [6, 6.07) is 8.49. The minimum Gasteiger partial charge on any atom is -0.478 e. The molecule has 2 rings (SSSR count). The zero-order valence-electron chi connectivity index (χ0n) is 9.30. The fraction of sp³-hybridized carbons (Fsp3) is 0.0833. The number of nitrogens with one attached hydrogen (secondary N) is 1.